The van der Waals surface area contributed by atoms with Gasteiger partial charge in [0.2, 0.25) is 0 Å². The van der Waals surface area contributed by atoms with Crippen LogP contribution in [0.2, 0.25) is 5.15 Å². The van der Waals surface area contributed by atoms with Crippen molar-refractivity contribution in [1.82, 2.24) is 24.6 Å². The van der Waals surface area contributed by atoms with E-state index in [2.05, 4.69) is 25.4 Å². The van der Waals surface area contributed by atoms with Crippen molar-refractivity contribution in [3.05, 3.63) is 65.1 Å². The molecule has 0 amide bonds. The maximum absolute atomic E-state index is 9.42. The number of anilines is 2. The van der Waals surface area contributed by atoms with E-state index in [9.17, 15) is 5.26 Å². The second-order valence-electron chi connectivity index (χ2n) is 5.76. The van der Waals surface area contributed by atoms with Crippen molar-refractivity contribution in [3.8, 4) is 17.3 Å². The molecule has 3 N–H and O–H groups in total. The van der Waals surface area contributed by atoms with E-state index in [-0.39, 0.29) is 33.6 Å². The number of nitrogens with zero attached hydrogens (tertiary/aromatic N) is 6. The highest BCUT2D eigenvalue weighted by Crippen LogP contribution is 2.30. The van der Waals surface area contributed by atoms with Crippen molar-refractivity contribution < 1.29 is 6.85 Å². The molecule has 0 spiro atoms. The fourth-order valence-electron chi connectivity index (χ4n) is 2.70. The van der Waals surface area contributed by atoms with Gasteiger partial charge in [-0.05, 0) is 13.0 Å². The van der Waals surface area contributed by atoms with E-state index in [1.54, 1.807) is 13.0 Å². The molecule has 28 heavy (non-hydrogen) atoms. The van der Waals surface area contributed by atoms with Crippen LogP contribution in [0.15, 0.2) is 48.8 Å². The van der Waals surface area contributed by atoms with Crippen LogP contribution in [0.4, 0.5) is 11.6 Å². The van der Waals surface area contributed by atoms with Gasteiger partial charge in [0.05, 0.1) is 24.8 Å². The van der Waals surface area contributed by atoms with Crippen molar-refractivity contribution in [2.24, 2.45) is 0 Å². The smallest absolute Gasteiger partial charge is 0.155 e. The number of hydrogen-bond donors (Lipinski definition) is 2. The first-order chi connectivity index (χ1) is 15.6. The lowest BCUT2D eigenvalue weighted by atomic mass is 10.0. The first-order valence-corrected chi connectivity index (χ1v) is 8.42. The summed E-state index contributed by atoms with van der Waals surface area (Å²) in [5, 5.41) is 17.1. The van der Waals surface area contributed by atoms with Crippen LogP contribution in [0, 0.1) is 11.3 Å². The molecular formula is C19H15ClN8. The molecule has 8 nitrogen and oxygen atoms in total. The highest BCUT2D eigenvalue weighted by atomic mass is 35.5. The Morgan fingerprint density at radius 1 is 1.29 bits per heavy atom. The Morgan fingerprint density at radius 3 is 2.82 bits per heavy atom. The van der Waals surface area contributed by atoms with Crippen molar-refractivity contribution in [3.63, 3.8) is 0 Å². The van der Waals surface area contributed by atoms with Crippen molar-refractivity contribution in [2.75, 3.05) is 11.1 Å². The molecule has 4 aromatic rings. The van der Waals surface area contributed by atoms with Gasteiger partial charge in [0.1, 0.15) is 29.6 Å². The fourth-order valence-corrected chi connectivity index (χ4v) is 2.87. The Kier molecular flexibility index (Phi) is 3.22. The Labute approximate surface area is 172 Å². The number of hydrogen-bond acceptors (Lipinski definition) is 7. The topological polar surface area (TPSA) is 118 Å². The summed E-state index contributed by atoms with van der Waals surface area (Å²) in [6, 6.07) is 0.637. The number of nitrogen functional groups attached to an aromatic ring is 1. The number of fused-ring (bicyclic) bond motifs is 1. The summed E-state index contributed by atoms with van der Waals surface area (Å²) in [5.41, 5.74) is 6.63. The number of nitrogens with one attached hydrogen (secondary N) is 1. The van der Waals surface area contributed by atoms with Crippen LogP contribution in [-0.2, 0) is 0 Å². The number of halogens is 1. The number of benzene rings is 1. The fraction of sp³-hybridized carbons (Fsp3) is 0.105. The molecule has 0 saturated carbocycles. The summed E-state index contributed by atoms with van der Waals surface area (Å²) in [5.74, 6) is 0.174. The minimum absolute atomic E-state index is 0.00154. The van der Waals surface area contributed by atoms with Gasteiger partial charge in [-0.25, -0.2) is 19.5 Å². The van der Waals surface area contributed by atoms with Gasteiger partial charge in [-0.15, -0.1) is 0 Å². The highest BCUT2D eigenvalue weighted by molar-refractivity contribution is 6.29. The van der Waals surface area contributed by atoms with Crippen LogP contribution in [0.1, 0.15) is 30.9 Å². The SMILES string of the molecule is [2H]c1c([2H])c([2H])c(-c2nn3c(Cl)cnc3cc2[C@H](C)Nc2ncnc(N)c2C#N)c([2H])c1[2H]. The third-order valence-electron chi connectivity index (χ3n) is 4.03. The number of nitriles is 1. The summed E-state index contributed by atoms with van der Waals surface area (Å²) in [6.07, 6.45) is 2.59. The van der Waals surface area contributed by atoms with Crippen LogP contribution in [0.25, 0.3) is 16.9 Å². The lowest BCUT2D eigenvalue weighted by molar-refractivity contribution is 0.840. The van der Waals surface area contributed by atoms with Crippen LogP contribution in [-0.4, -0.2) is 24.6 Å². The van der Waals surface area contributed by atoms with Gasteiger partial charge in [0.15, 0.2) is 10.8 Å². The Morgan fingerprint density at radius 2 is 2.07 bits per heavy atom. The molecule has 3 aromatic heterocycles. The Balaban J connectivity index is 1.97. The predicted molar refractivity (Wildman–Crippen MR) is 107 cm³/mol. The second-order valence-corrected chi connectivity index (χ2v) is 6.15. The van der Waals surface area contributed by atoms with Gasteiger partial charge in [0.25, 0.3) is 0 Å². The van der Waals surface area contributed by atoms with E-state index in [0.29, 0.717) is 11.2 Å². The van der Waals surface area contributed by atoms with Gasteiger partial charge in [-0.2, -0.15) is 10.4 Å². The molecule has 9 heteroatoms. The molecule has 4 rings (SSSR count). The second kappa shape index (κ2) is 7.13. The number of imidazole rings is 1. The summed E-state index contributed by atoms with van der Waals surface area (Å²) < 4.78 is 42.0. The Hall–Kier alpha value is -3.70. The minimum Gasteiger partial charge on any atom is -0.382 e. The van der Waals surface area contributed by atoms with E-state index < -0.39 is 36.3 Å². The molecule has 138 valence electrons. The number of nitrogens with two attached hydrogens (primary N) is 1. The number of aromatic nitrogens is 5. The molecule has 3 heterocycles. The molecule has 0 aliphatic heterocycles. The zero-order valence-electron chi connectivity index (χ0n) is 19.4. The maximum Gasteiger partial charge on any atom is 0.155 e. The summed E-state index contributed by atoms with van der Waals surface area (Å²) >= 11 is 6.18. The van der Waals surface area contributed by atoms with E-state index in [1.165, 1.54) is 17.0 Å². The molecule has 1 aromatic carbocycles. The standard InChI is InChI=1S/C19H15ClN8/c1-11(26-19-14(8-21)18(22)24-10-25-19)13-7-16-23-9-15(20)28(16)27-17(13)12-5-3-2-4-6-12/h2-7,9-11H,1H3,(H3,22,24,25,26)/t11-/m0/s1/i2D,3D,4D,5D,6D. The first-order valence-electron chi connectivity index (χ1n) is 10.5. The summed E-state index contributed by atoms with van der Waals surface area (Å²) in [4.78, 5) is 12.1. The van der Waals surface area contributed by atoms with Gasteiger partial charge in [-0.1, -0.05) is 41.8 Å². The number of rotatable bonds is 4. The first kappa shape index (κ1) is 12.6. The van der Waals surface area contributed by atoms with Crippen LogP contribution in [0.5, 0.6) is 0 Å². The lowest BCUT2D eigenvalue weighted by Gasteiger charge is -2.19. The minimum atomic E-state index is -0.604. The van der Waals surface area contributed by atoms with Gasteiger partial charge in [0, 0.05) is 11.1 Å². The molecule has 0 saturated heterocycles. The third-order valence-corrected chi connectivity index (χ3v) is 4.28. The quantitative estimate of drug-likeness (QED) is 0.543. The average Bonchev–Trinajstić information content (AvgIpc) is 3.16. The molecule has 0 radical (unpaired) electrons. The van der Waals surface area contributed by atoms with E-state index in [4.69, 9.17) is 24.2 Å². The van der Waals surface area contributed by atoms with Crippen molar-refractivity contribution in [2.45, 2.75) is 13.0 Å². The molecule has 0 fully saturated rings. The Bertz CT molecular complexity index is 1440. The molecule has 0 aliphatic rings. The molecule has 0 bridgehead atoms. The van der Waals surface area contributed by atoms with E-state index in [0.717, 1.165) is 0 Å². The van der Waals surface area contributed by atoms with Crippen LogP contribution >= 0.6 is 11.6 Å². The zero-order valence-corrected chi connectivity index (χ0v) is 15.2. The van der Waals surface area contributed by atoms with Crippen LogP contribution < -0.4 is 11.1 Å². The molecule has 1 atom stereocenters. The van der Waals surface area contributed by atoms with Gasteiger partial charge < -0.3 is 11.1 Å². The van der Waals surface area contributed by atoms with Gasteiger partial charge in [-0.3, -0.25) is 0 Å². The van der Waals surface area contributed by atoms with Crippen LogP contribution in [0.3, 0.4) is 0 Å². The van der Waals surface area contributed by atoms with Gasteiger partial charge >= 0.3 is 0 Å². The average molecular weight is 396 g/mol. The highest BCUT2D eigenvalue weighted by Gasteiger charge is 2.19. The van der Waals surface area contributed by atoms with E-state index in [1.807, 2.05) is 6.07 Å². The third kappa shape index (κ3) is 3.08. The van der Waals surface area contributed by atoms with Crippen molar-refractivity contribution >= 4 is 28.9 Å². The summed E-state index contributed by atoms with van der Waals surface area (Å²) in [6.45, 7) is 1.73. The zero-order chi connectivity index (χ0) is 24.0. The van der Waals surface area contributed by atoms with E-state index >= 15 is 0 Å². The maximum atomic E-state index is 9.42. The largest absolute Gasteiger partial charge is 0.382 e. The lowest BCUT2D eigenvalue weighted by Crippen LogP contribution is -2.13. The molecule has 0 unspecified atom stereocenters. The molecular weight excluding hydrogens is 376 g/mol. The summed E-state index contributed by atoms with van der Waals surface area (Å²) in [7, 11) is 0. The monoisotopic (exact) mass is 395 g/mol. The normalized spacial score (nSPS) is 14.4. The van der Waals surface area contributed by atoms with Crippen molar-refractivity contribution in [1.29, 1.82) is 5.26 Å². The molecule has 0 aliphatic carbocycles. The predicted octanol–water partition coefficient (Wildman–Crippen LogP) is 3.47.